The molecule has 0 aromatic rings. The van der Waals surface area contributed by atoms with Crippen LogP contribution < -0.4 is 47.9 Å². The first kappa shape index (κ1) is 133. The van der Waals surface area contributed by atoms with Crippen LogP contribution in [0.3, 0.4) is 0 Å². The minimum Gasteiger partial charge on any atom is -0.388 e. The Morgan fingerprint density at radius 2 is 0.342 bits per heavy atom. The van der Waals surface area contributed by atoms with Crippen LogP contribution in [-0.4, -0.2) is 500 Å². The fraction of sp³-hybridized carbons (Fsp3) is 0.870. The zero-order chi connectivity index (χ0) is 109. The molecular weight excluding hydrogens is 1950 g/mol. The van der Waals surface area contributed by atoms with Crippen molar-refractivity contribution < 1.29 is 206 Å². The zero-order valence-corrected chi connectivity index (χ0v) is 85.6. The van der Waals surface area contributed by atoms with E-state index in [-0.39, 0.29) is 231 Å². The molecule has 27 N–H and O–H groups in total. The molecule has 6 rings (SSSR count). The van der Waals surface area contributed by atoms with Crippen LogP contribution >= 0.6 is 0 Å². The molecule has 6 heterocycles. The molecule has 54 nitrogen and oxygen atoms in total. The summed E-state index contributed by atoms with van der Waals surface area (Å²) in [4.78, 5) is 153. The molecule has 0 saturated carbocycles. The Balaban J connectivity index is 0.000000558. The number of ether oxygens (including phenoxy) is 12. The van der Waals surface area contributed by atoms with Crippen LogP contribution in [0.15, 0.2) is 0 Å². The van der Waals surface area contributed by atoms with E-state index in [1.807, 2.05) is 34.6 Å². The first-order valence-corrected chi connectivity index (χ1v) is 50.4. The third-order valence-electron chi connectivity index (χ3n) is 24.1. The van der Waals surface area contributed by atoms with Gasteiger partial charge in [0.1, 0.15) is 110 Å². The van der Waals surface area contributed by atoms with Gasteiger partial charge in [0.05, 0.1) is 76.3 Å². The Morgan fingerprint density at radius 3 is 0.486 bits per heavy atom. The number of aliphatic hydroxyl groups is 18. The molecule has 0 bridgehead atoms. The molecule has 0 spiro atoms. The lowest BCUT2D eigenvalue weighted by atomic mass is 10.0. The summed E-state index contributed by atoms with van der Waals surface area (Å²) in [6.45, 7) is 20.1. The van der Waals surface area contributed by atoms with Gasteiger partial charge in [-0.05, 0) is 101 Å². The minimum absolute atomic E-state index is 0.0214. The predicted octanol–water partition coefficient (Wildman–Crippen LogP) is -10.3. The fourth-order valence-electron chi connectivity index (χ4n) is 15.1. The molecule has 6 aliphatic heterocycles. The number of aliphatic hydroxyl groups excluding tert-OH is 18. The topological polar surface area (TPSA) is 798 Å². The lowest BCUT2D eigenvalue weighted by molar-refractivity contribution is -0.292. The Morgan fingerprint density at radius 1 is 0.205 bits per heavy atom. The van der Waals surface area contributed by atoms with E-state index in [1.54, 1.807) is 0 Å². The third kappa shape index (κ3) is 48.8. The Kier molecular flexibility index (Phi) is 66.1. The molecule has 146 heavy (non-hydrogen) atoms. The normalized spacial score (nSPS) is 30.0. The van der Waals surface area contributed by atoms with Gasteiger partial charge in [-0.15, -0.1) is 0 Å². The van der Waals surface area contributed by atoms with E-state index in [2.05, 4.69) is 47.9 Å². The Hall–Kier alpha value is -7.56. The van der Waals surface area contributed by atoms with Crippen molar-refractivity contribution >= 4 is 70.9 Å². The number of rotatable bonds is 60. The van der Waals surface area contributed by atoms with Crippen LogP contribution in [0, 0.1) is 0 Å². The first-order valence-electron chi connectivity index (χ1n) is 50.4. The standard InChI is InChI=1S/3C30H54N4O14.C2H6/c3*1-4-31-19(35)7-5-6-8-22(38)34(13-9-20(36)32-11-15-45-29-27(43)25(41)23(39)17(2)47-29)14-10-21(37)33-12-16-46-30-28(44)26(42)24(40)18(3)48-30;1-2/h3*17-18,23-30,39-44H,4-16H2,1-3H3,(H,31,35)(H,32,36)(H,33,37);1-2H3/t3*17-,18-,23+,24+,25+,26+,27-,28-,29+,30+;/m000./s1. The van der Waals surface area contributed by atoms with Crippen LogP contribution in [0.5, 0.6) is 0 Å². The van der Waals surface area contributed by atoms with Crippen molar-refractivity contribution in [2.45, 2.75) is 376 Å². The van der Waals surface area contributed by atoms with Crippen molar-refractivity contribution in [2.24, 2.45) is 0 Å². The van der Waals surface area contributed by atoms with E-state index in [0.717, 1.165) is 0 Å². The number of amides is 12. The smallest absolute Gasteiger partial charge is 0.222 e. The quantitative estimate of drug-likeness (QED) is 0.0251. The van der Waals surface area contributed by atoms with E-state index >= 15 is 0 Å². The van der Waals surface area contributed by atoms with Gasteiger partial charge in [-0.3, -0.25) is 57.5 Å². The SMILES string of the molecule is CC.CCNC(=O)CCCCC(=O)N(CCC(=O)NCCO[C@@H]1O[C@@H](C)[C@@H](O)[C@@H](O)[C@@H]1O)CCC(=O)NCCO[C@@H]1O[C@@H](C)[C@@H](O)[C@@H](O)[C@@H]1O.CCNC(=O)CCCCC(=O)N(CCC(=O)NCCO[C@@H]1O[C@@H](C)[C@@H](O)[C@@H](O)[C@@H]1O)CCC(=O)NCCO[C@@H]1O[C@@H](C)[C@@H](O)[C@@H](O)[C@@H]1O.CCNC(=O)CCCCC(=O)N(CCC(=O)NCCO[C@@H]1O[C@@H](C)[C@@H](O)[C@@H](O)[C@@H]1O)CCC(=O)NCCO[C@@H]1O[C@@H](C)[C@@H](O)[C@@H](O)[C@@H]1O. The Bertz CT molecular complexity index is 3220. The van der Waals surface area contributed by atoms with Crippen LogP contribution in [0.1, 0.15) is 192 Å². The van der Waals surface area contributed by atoms with E-state index < -0.39 is 220 Å². The second kappa shape index (κ2) is 72.8. The summed E-state index contributed by atoms with van der Waals surface area (Å²) in [5, 5.41) is 202. The summed E-state index contributed by atoms with van der Waals surface area (Å²) in [7, 11) is 0. The zero-order valence-electron chi connectivity index (χ0n) is 85.6. The van der Waals surface area contributed by atoms with Crippen molar-refractivity contribution in [3.8, 4) is 0 Å². The van der Waals surface area contributed by atoms with Crippen molar-refractivity contribution in [1.82, 2.24) is 62.6 Å². The van der Waals surface area contributed by atoms with Gasteiger partial charge in [0.15, 0.2) is 37.7 Å². The number of nitrogens with one attached hydrogen (secondary N) is 9. The largest absolute Gasteiger partial charge is 0.388 e. The molecule has 6 aliphatic rings. The molecule has 6 fully saturated rings. The number of hydrogen-bond acceptors (Lipinski definition) is 42. The average molecular weight is 2110 g/mol. The van der Waals surface area contributed by atoms with E-state index in [4.69, 9.17) is 56.8 Å². The average Bonchev–Trinajstić information content (AvgIpc) is 0.846. The van der Waals surface area contributed by atoms with Crippen LogP contribution in [-0.2, 0) is 114 Å². The summed E-state index contributed by atoms with van der Waals surface area (Å²) in [5.74, 6) is -3.57. The number of hydrogen-bond donors (Lipinski definition) is 27. The van der Waals surface area contributed by atoms with Gasteiger partial charge < -0.3 is 211 Å². The fourth-order valence-corrected chi connectivity index (χ4v) is 15.1. The minimum atomic E-state index is -1.47. The van der Waals surface area contributed by atoms with Crippen molar-refractivity contribution in [2.75, 3.05) is 138 Å². The molecule has 0 unspecified atom stereocenters. The first-order chi connectivity index (χ1) is 69.3. The Labute approximate surface area is 850 Å². The molecular formula is C92H168N12O42. The monoisotopic (exact) mass is 2110 g/mol. The summed E-state index contributed by atoms with van der Waals surface area (Å²) < 4.78 is 64.5. The maximum atomic E-state index is 13.0. The predicted molar refractivity (Wildman–Crippen MR) is 508 cm³/mol. The van der Waals surface area contributed by atoms with E-state index in [0.29, 0.717) is 58.2 Å². The van der Waals surface area contributed by atoms with Gasteiger partial charge >= 0.3 is 0 Å². The maximum Gasteiger partial charge on any atom is 0.222 e. The maximum absolute atomic E-state index is 13.0. The molecule has 30 atom stereocenters. The highest BCUT2D eigenvalue weighted by Crippen LogP contribution is 2.28. The van der Waals surface area contributed by atoms with Crippen molar-refractivity contribution in [3.05, 3.63) is 0 Å². The number of carbonyl (C=O) groups excluding carboxylic acids is 12. The molecule has 0 aromatic carbocycles. The molecule has 54 heteroatoms. The molecule has 848 valence electrons. The summed E-state index contributed by atoms with van der Waals surface area (Å²) in [5.41, 5.74) is 0. The van der Waals surface area contributed by atoms with Crippen LogP contribution in [0.25, 0.3) is 0 Å². The lowest BCUT2D eigenvalue weighted by Crippen LogP contribution is -2.57. The molecule has 0 aromatic heterocycles. The number of nitrogens with zero attached hydrogens (tertiary/aromatic N) is 3. The van der Waals surface area contributed by atoms with Crippen molar-refractivity contribution in [1.29, 1.82) is 0 Å². The van der Waals surface area contributed by atoms with Gasteiger partial charge in [-0.2, -0.15) is 0 Å². The molecule has 0 aliphatic carbocycles. The second-order valence-corrected chi connectivity index (χ2v) is 35.5. The summed E-state index contributed by atoms with van der Waals surface area (Å²) >= 11 is 0. The van der Waals surface area contributed by atoms with Crippen molar-refractivity contribution in [3.63, 3.8) is 0 Å². The highest BCUT2D eigenvalue weighted by molar-refractivity contribution is 5.83. The summed E-state index contributed by atoms with van der Waals surface area (Å²) in [6.07, 6.45) is -33.3. The summed E-state index contributed by atoms with van der Waals surface area (Å²) in [6, 6.07) is 0. The number of carbonyl (C=O) groups is 12. The van der Waals surface area contributed by atoms with Crippen LogP contribution in [0.2, 0.25) is 0 Å². The second-order valence-electron chi connectivity index (χ2n) is 35.5. The van der Waals surface area contributed by atoms with Gasteiger partial charge in [-0.1, -0.05) is 13.8 Å². The lowest BCUT2D eigenvalue weighted by Gasteiger charge is -2.38. The van der Waals surface area contributed by atoms with Gasteiger partial charge in [0.25, 0.3) is 0 Å². The third-order valence-corrected chi connectivity index (χ3v) is 24.1. The molecule has 0 radical (unpaired) electrons. The van der Waals surface area contributed by atoms with Gasteiger partial charge in [0, 0.05) is 175 Å². The van der Waals surface area contributed by atoms with Gasteiger partial charge in [-0.25, -0.2) is 0 Å². The number of unbranched alkanes of at least 4 members (excludes halogenated alkanes) is 3. The molecule has 12 amide bonds. The highest BCUT2D eigenvalue weighted by Gasteiger charge is 2.48. The molecule has 6 saturated heterocycles. The van der Waals surface area contributed by atoms with E-state index in [1.165, 1.54) is 56.2 Å². The van der Waals surface area contributed by atoms with Crippen LogP contribution in [0.4, 0.5) is 0 Å². The van der Waals surface area contributed by atoms with E-state index in [9.17, 15) is 149 Å². The van der Waals surface area contributed by atoms with Gasteiger partial charge in [0.2, 0.25) is 70.9 Å². The highest BCUT2D eigenvalue weighted by atomic mass is 16.7.